The number of nitriles is 1. The van der Waals surface area contributed by atoms with E-state index in [-0.39, 0.29) is 6.61 Å². The molecule has 3 rings (SSSR count). The van der Waals surface area contributed by atoms with Crippen LogP contribution in [0.5, 0.6) is 5.75 Å². The van der Waals surface area contributed by atoms with Gasteiger partial charge >= 0.3 is 0 Å². The van der Waals surface area contributed by atoms with Crippen molar-refractivity contribution in [3.05, 3.63) is 59.1 Å². The van der Waals surface area contributed by atoms with Crippen molar-refractivity contribution in [1.29, 1.82) is 5.26 Å². The Morgan fingerprint density at radius 3 is 2.46 bits per heavy atom. The fourth-order valence-corrected chi connectivity index (χ4v) is 2.65. The van der Waals surface area contributed by atoms with Crippen molar-refractivity contribution in [2.45, 2.75) is 13.0 Å². The van der Waals surface area contributed by atoms with E-state index >= 15 is 0 Å². The maximum absolute atomic E-state index is 9.25. The van der Waals surface area contributed by atoms with Crippen molar-refractivity contribution in [3.8, 4) is 11.8 Å². The van der Waals surface area contributed by atoms with E-state index in [4.69, 9.17) is 16.3 Å². The summed E-state index contributed by atoms with van der Waals surface area (Å²) in [4.78, 5) is 2.20. The summed E-state index contributed by atoms with van der Waals surface area (Å²) < 4.78 is 5.42. The van der Waals surface area contributed by atoms with E-state index in [0.717, 1.165) is 36.9 Å². The van der Waals surface area contributed by atoms with Gasteiger partial charge in [0.25, 0.3) is 0 Å². The minimum atomic E-state index is -0.515. The van der Waals surface area contributed by atoms with Crippen LogP contribution in [0.1, 0.15) is 12.5 Å². The number of piperazine rings is 1. The van der Waals surface area contributed by atoms with Gasteiger partial charge in [-0.2, -0.15) is 5.26 Å². The second-order valence-corrected chi connectivity index (χ2v) is 6.42. The summed E-state index contributed by atoms with van der Waals surface area (Å²) in [5.74, 6) is 0.622. The molecule has 0 aliphatic carbocycles. The van der Waals surface area contributed by atoms with Crippen LogP contribution in [-0.2, 0) is 0 Å². The van der Waals surface area contributed by atoms with Crippen molar-refractivity contribution in [1.82, 2.24) is 5.32 Å². The second kappa shape index (κ2) is 10.7. The Balaban J connectivity index is 0.000000290. The van der Waals surface area contributed by atoms with Gasteiger partial charge in [0.15, 0.2) is 0 Å². The number of benzene rings is 2. The maximum Gasteiger partial charge on any atom is 0.120 e. The molecule has 2 N–H and O–H groups in total. The molecule has 5 nitrogen and oxygen atoms in total. The topological polar surface area (TPSA) is 68.5 Å². The Hall–Kier alpha value is -2.26. The summed E-state index contributed by atoms with van der Waals surface area (Å²) in [5.41, 5.74) is 1.57. The summed E-state index contributed by atoms with van der Waals surface area (Å²) >= 11 is 5.54. The van der Waals surface area contributed by atoms with Crippen LogP contribution in [0.25, 0.3) is 0 Å². The highest BCUT2D eigenvalue weighted by Gasteiger charge is 2.14. The number of nitrogens with zero attached hydrogens (tertiary/aromatic N) is 2. The van der Waals surface area contributed by atoms with Crippen LogP contribution in [-0.4, -0.2) is 44.0 Å². The standard InChI is InChI=1S/C14H19N3O2.C6H5Cl/c1-11(18)10-19-13-2-3-14(12(8-13)9-15)17-6-4-16-5-7-17;7-6-4-2-1-3-5-6/h2-3,8,11,16,18H,4-7,10H2,1H3;1-5H. The molecule has 138 valence electrons. The first-order valence-corrected chi connectivity index (χ1v) is 8.99. The molecule has 2 aromatic rings. The van der Waals surface area contributed by atoms with Gasteiger partial charge in [-0.25, -0.2) is 0 Å². The zero-order valence-corrected chi connectivity index (χ0v) is 15.6. The number of halogens is 1. The van der Waals surface area contributed by atoms with Crippen LogP contribution < -0.4 is 15.0 Å². The number of rotatable bonds is 4. The fraction of sp³-hybridized carbons (Fsp3) is 0.350. The molecular weight excluding hydrogens is 350 g/mol. The predicted octanol–water partition coefficient (Wildman–Crippen LogP) is 3.07. The van der Waals surface area contributed by atoms with Crippen molar-refractivity contribution in [3.63, 3.8) is 0 Å². The Labute approximate surface area is 159 Å². The normalized spacial score (nSPS) is 14.6. The minimum Gasteiger partial charge on any atom is -0.491 e. The molecule has 0 spiro atoms. The van der Waals surface area contributed by atoms with Crippen LogP contribution in [0.2, 0.25) is 5.02 Å². The first-order chi connectivity index (χ1) is 12.6. The van der Waals surface area contributed by atoms with E-state index in [9.17, 15) is 10.4 Å². The van der Waals surface area contributed by atoms with E-state index in [1.165, 1.54) is 0 Å². The molecule has 2 aromatic carbocycles. The second-order valence-electron chi connectivity index (χ2n) is 5.98. The van der Waals surface area contributed by atoms with Gasteiger partial charge in [0, 0.05) is 31.2 Å². The number of ether oxygens (including phenoxy) is 1. The molecule has 0 aromatic heterocycles. The largest absolute Gasteiger partial charge is 0.491 e. The third-order valence-electron chi connectivity index (χ3n) is 3.77. The number of nitrogens with one attached hydrogen (secondary N) is 1. The minimum absolute atomic E-state index is 0.234. The van der Waals surface area contributed by atoms with Crippen molar-refractivity contribution in [2.24, 2.45) is 0 Å². The SMILES string of the molecule is CC(O)COc1ccc(N2CCNCC2)c(C#N)c1.Clc1ccccc1. The van der Waals surface area contributed by atoms with Gasteiger partial charge in [-0.1, -0.05) is 29.8 Å². The number of hydrogen-bond acceptors (Lipinski definition) is 5. The summed E-state index contributed by atoms with van der Waals surface area (Å²) in [6.07, 6.45) is -0.515. The molecule has 1 aliphatic heterocycles. The quantitative estimate of drug-likeness (QED) is 0.862. The van der Waals surface area contributed by atoms with Gasteiger partial charge < -0.3 is 20.1 Å². The number of anilines is 1. The third-order valence-corrected chi connectivity index (χ3v) is 4.02. The number of aliphatic hydroxyl groups is 1. The summed E-state index contributed by atoms with van der Waals surface area (Å²) in [6.45, 7) is 5.58. The molecule has 0 amide bonds. The van der Waals surface area contributed by atoms with Gasteiger partial charge in [-0.05, 0) is 37.3 Å². The average Bonchev–Trinajstić information content (AvgIpc) is 2.68. The average molecular weight is 374 g/mol. The lowest BCUT2D eigenvalue weighted by Crippen LogP contribution is -2.43. The molecule has 26 heavy (non-hydrogen) atoms. The van der Waals surface area contributed by atoms with Gasteiger partial charge in [-0.15, -0.1) is 0 Å². The molecule has 0 radical (unpaired) electrons. The summed E-state index contributed by atoms with van der Waals surface area (Å²) in [5, 5.41) is 22.5. The van der Waals surface area contributed by atoms with Crippen molar-refractivity contribution < 1.29 is 9.84 Å². The van der Waals surface area contributed by atoms with Crippen molar-refractivity contribution in [2.75, 3.05) is 37.7 Å². The highest BCUT2D eigenvalue weighted by Crippen LogP contribution is 2.25. The van der Waals surface area contributed by atoms with Crippen LogP contribution in [0.4, 0.5) is 5.69 Å². The first-order valence-electron chi connectivity index (χ1n) is 8.61. The van der Waals surface area contributed by atoms with Gasteiger partial charge in [-0.3, -0.25) is 0 Å². The molecule has 1 atom stereocenters. The molecule has 1 fully saturated rings. The van der Waals surface area contributed by atoms with Crippen LogP contribution >= 0.6 is 11.6 Å². The molecule has 0 bridgehead atoms. The molecule has 6 heteroatoms. The van der Waals surface area contributed by atoms with E-state index < -0.39 is 6.10 Å². The zero-order valence-electron chi connectivity index (χ0n) is 14.9. The highest BCUT2D eigenvalue weighted by atomic mass is 35.5. The van der Waals surface area contributed by atoms with Crippen LogP contribution in [0, 0.1) is 11.3 Å². The molecular formula is C20H24ClN3O2. The van der Waals surface area contributed by atoms with Gasteiger partial charge in [0.2, 0.25) is 0 Å². The van der Waals surface area contributed by atoms with Crippen molar-refractivity contribution >= 4 is 17.3 Å². The Morgan fingerprint density at radius 2 is 1.92 bits per heavy atom. The van der Waals surface area contributed by atoms with E-state index in [2.05, 4.69) is 16.3 Å². The lowest BCUT2D eigenvalue weighted by molar-refractivity contribution is 0.122. The molecule has 1 aliphatic rings. The molecule has 1 unspecified atom stereocenters. The Morgan fingerprint density at radius 1 is 1.23 bits per heavy atom. The van der Waals surface area contributed by atoms with Gasteiger partial charge in [0.05, 0.1) is 17.4 Å². The number of hydrogen-bond donors (Lipinski definition) is 2. The lowest BCUT2D eigenvalue weighted by Gasteiger charge is -2.30. The Kier molecular flexibility index (Phi) is 8.23. The lowest BCUT2D eigenvalue weighted by atomic mass is 10.1. The first kappa shape index (κ1) is 20.1. The highest BCUT2D eigenvalue weighted by molar-refractivity contribution is 6.30. The zero-order chi connectivity index (χ0) is 18.8. The third kappa shape index (κ3) is 6.57. The Bertz CT molecular complexity index is 711. The molecule has 1 saturated heterocycles. The monoisotopic (exact) mass is 373 g/mol. The smallest absolute Gasteiger partial charge is 0.120 e. The fourth-order valence-electron chi connectivity index (χ4n) is 2.51. The maximum atomic E-state index is 9.25. The van der Waals surface area contributed by atoms with Crippen LogP contribution in [0.15, 0.2) is 48.5 Å². The van der Waals surface area contributed by atoms with Gasteiger partial charge in [0.1, 0.15) is 18.4 Å². The number of aliphatic hydroxyl groups excluding tert-OH is 1. The van der Waals surface area contributed by atoms with E-state index in [1.807, 2.05) is 42.5 Å². The molecule has 1 heterocycles. The summed E-state index contributed by atoms with van der Waals surface area (Å²) in [7, 11) is 0. The molecule has 0 saturated carbocycles. The van der Waals surface area contributed by atoms with E-state index in [0.29, 0.717) is 11.3 Å². The summed E-state index contributed by atoms with van der Waals surface area (Å²) in [6, 6.07) is 17.2. The van der Waals surface area contributed by atoms with Crippen LogP contribution in [0.3, 0.4) is 0 Å². The van der Waals surface area contributed by atoms with E-state index in [1.54, 1.807) is 13.0 Å². The predicted molar refractivity (Wildman–Crippen MR) is 105 cm³/mol.